The third kappa shape index (κ3) is 1.96. The second kappa shape index (κ2) is 4.01. The van der Waals surface area contributed by atoms with Crippen LogP contribution in [0.5, 0.6) is 0 Å². The van der Waals surface area contributed by atoms with E-state index < -0.39 is 0 Å². The van der Waals surface area contributed by atoms with Crippen LogP contribution in [0.15, 0.2) is 53.9 Å². The summed E-state index contributed by atoms with van der Waals surface area (Å²) in [7, 11) is 0. The van der Waals surface area contributed by atoms with Gasteiger partial charge in [0.1, 0.15) is 0 Å². The first-order valence-electron chi connectivity index (χ1n) is 4.83. The molecular formula is C12H14N2. The number of nitrogens with one attached hydrogen (secondary N) is 1. The Balaban J connectivity index is 2.15. The van der Waals surface area contributed by atoms with E-state index in [-0.39, 0.29) is 0 Å². The molecule has 2 nitrogen and oxygen atoms in total. The predicted molar refractivity (Wildman–Crippen MR) is 59.7 cm³/mol. The van der Waals surface area contributed by atoms with Crippen molar-refractivity contribution in [1.29, 1.82) is 0 Å². The molecule has 0 unspecified atom stereocenters. The van der Waals surface area contributed by atoms with Crippen molar-refractivity contribution in [2.75, 3.05) is 5.32 Å². The van der Waals surface area contributed by atoms with E-state index in [4.69, 9.17) is 5.73 Å². The van der Waals surface area contributed by atoms with Gasteiger partial charge in [-0.15, -0.1) is 0 Å². The minimum Gasteiger partial charge on any atom is -0.400 e. The Bertz CT molecular complexity index is 363. The summed E-state index contributed by atoms with van der Waals surface area (Å²) in [4.78, 5) is 0. The Morgan fingerprint density at radius 3 is 2.64 bits per heavy atom. The Morgan fingerprint density at radius 1 is 1.14 bits per heavy atom. The summed E-state index contributed by atoms with van der Waals surface area (Å²) >= 11 is 0. The molecule has 2 heteroatoms. The largest absolute Gasteiger partial charge is 0.400 e. The third-order valence-corrected chi connectivity index (χ3v) is 2.26. The molecule has 0 saturated heterocycles. The monoisotopic (exact) mass is 186 g/mol. The molecule has 0 aromatic heterocycles. The lowest BCUT2D eigenvalue weighted by molar-refractivity contribution is 0.923. The third-order valence-electron chi connectivity index (χ3n) is 2.26. The van der Waals surface area contributed by atoms with Crippen molar-refractivity contribution in [3.05, 3.63) is 53.9 Å². The first-order valence-corrected chi connectivity index (χ1v) is 4.83. The lowest BCUT2D eigenvalue weighted by Crippen LogP contribution is -2.10. The van der Waals surface area contributed by atoms with Crippen molar-refractivity contribution in [3.63, 3.8) is 0 Å². The van der Waals surface area contributed by atoms with Gasteiger partial charge in [0.25, 0.3) is 0 Å². The van der Waals surface area contributed by atoms with Gasteiger partial charge in [0.2, 0.25) is 0 Å². The van der Waals surface area contributed by atoms with Crippen LogP contribution in [0.4, 0.5) is 5.69 Å². The van der Waals surface area contributed by atoms with Crippen molar-refractivity contribution in [2.24, 2.45) is 5.73 Å². The average Bonchev–Trinajstić information content (AvgIpc) is 2.23. The van der Waals surface area contributed by atoms with Gasteiger partial charge in [-0.05, 0) is 31.1 Å². The molecule has 0 atom stereocenters. The zero-order valence-corrected chi connectivity index (χ0v) is 8.03. The van der Waals surface area contributed by atoms with Gasteiger partial charge in [-0.2, -0.15) is 0 Å². The summed E-state index contributed by atoms with van der Waals surface area (Å²) < 4.78 is 0. The number of nitrogens with two attached hydrogens (primary N) is 1. The highest BCUT2D eigenvalue weighted by atomic mass is 14.9. The van der Waals surface area contributed by atoms with Crippen LogP contribution in [-0.2, 0) is 0 Å². The molecule has 0 heterocycles. The summed E-state index contributed by atoms with van der Waals surface area (Å²) in [6.45, 7) is 0. The molecule has 1 aromatic carbocycles. The fraction of sp³-hybridized carbons (Fsp3) is 0.167. The molecule has 0 radical (unpaired) electrons. The van der Waals surface area contributed by atoms with Crippen LogP contribution in [-0.4, -0.2) is 0 Å². The number of hydrogen-bond acceptors (Lipinski definition) is 2. The number of anilines is 1. The molecule has 1 aliphatic rings. The molecule has 0 saturated carbocycles. The van der Waals surface area contributed by atoms with Crippen LogP contribution in [0.3, 0.4) is 0 Å². The van der Waals surface area contributed by atoms with E-state index >= 15 is 0 Å². The molecule has 1 aliphatic carbocycles. The van der Waals surface area contributed by atoms with E-state index in [1.807, 2.05) is 36.4 Å². The number of hydrogen-bond donors (Lipinski definition) is 2. The molecule has 0 aliphatic heterocycles. The maximum atomic E-state index is 5.89. The highest BCUT2D eigenvalue weighted by molar-refractivity contribution is 5.52. The van der Waals surface area contributed by atoms with Gasteiger partial charge in [-0.1, -0.05) is 24.3 Å². The lowest BCUT2D eigenvalue weighted by atomic mass is 10.1. The highest BCUT2D eigenvalue weighted by Crippen LogP contribution is 2.17. The summed E-state index contributed by atoms with van der Waals surface area (Å²) in [5, 5.41) is 3.30. The number of benzene rings is 1. The number of rotatable bonds is 2. The van der Waals surface area contributed by atoms with Gasteiger partial charge in [0.15, 0.2) is 0 Å². The Kier molecular flexibility index (Phi) is 2.54. The van der Waals surface area contributed by atoms with Crippen LogP contribution >= 0.6 is 0 Å². The predicted octanol–water partition coefficient (Wildman–Crippen LogP) is 2.62. The first kappa shape index (κ1) is 8.88. The zero-order chi connectivity index (χ0) is 9.80. The molecule has 3 N–H and O–H groups in total. The fourth-order valence-electron chi connectivity index (χ4n) is 1.48. The maximum Gasteiger partial charge on any atom is 0.0571 e. The fourth-order valence-corrected chi connectivity index (χ4v) is 1.48. The first-order chi connectivity index (χ1) is 6.86. The van der Waals surface area contributed by atoms with Gasteiger partial charge >= 0.3 is 0 Å². The number of allylic oxidation sites excluding steroid dienone is 3. The standard InChI is InChI=1S/C12H14N2/c13-11-8-4-5-9-12(11)14-10-6-2-1-3-7-10/h1-3,5-7,9,14H,4,8,13H2. The van der Waals surface area contributed by atoms with E-state index in [0.717, 1.165) is 29.9 Å². The van der Waals surface area contributed by atoms with Crippen LogP contribution < -0.4 is 11.1 Å². The van der Waals surface area contributed by atoms with Crippen molar-refractivity contribution in [3.8, 4) is 0 Å². The highest BCUT2D eigenvalue weighted by Gasteiger charge is 2.04. The molecule has 0 fully saturated rings. The molecule has 2 rings (SSSR count). The molecule has 0 spiro atoms. The number of para-hydroxylation sites is 1. The lowest BCUT2D eigenvalue weighted by Gasteiger charge is -2.14. The van der Waals surface area contributed by atoms with Gasteiger partial charge in [0.05, 0.1) is 5.70 Å². The topological polar surface area (TPSA) is 38.0 Å². The maximum absolute atomic E-state index is 5.89. The molecule has 0 bridgehead atoms. The SMILES string of the molecule is NC1=C(Nc2ccccc2)C=CCC1. The average molecular weight is 186 g/mol. The summed E-state index contributed by atoms with van der Waals surface area (Å²) in [5.74, 6) is 0. The van der Waals surface area contributed by atoms with Gasteiger partial charge in [-0.3, -0.25) is 0 Å². The van der Waals surface area contributed by atoms with E-state index in [0.29, 0.717) is 0 Å². The van der Waals surface area contributed by atoms with E-state index in [1.165, 1.54) is 0 Å². The quantitative estimate of drug-likeness (QED) is 0.745. The minimum absolute atomic E-state index is 0.941. The van der Waals surface area contributed by atoms with Crippen molar-refractivity contribution < 1.29 is 0 Å². The van der Waals surface area contributed by atoms with E-state index in [9.17, 15) is 0 Å². The normalized spacial score (nSPS) is 15.7. The van der Waals surface area contributed by atoms with Crippen molar-refractivity contribution in [1.82, 2.24) is 0 Å². The van der Waals surface area contributed by atoms with Gasteiger partial charge in [0, 0.05) is 11.4 Å². The molecule has 0 amide bonds. The van der Waals surface area contributed by atoms with Crippen LogP contribution in [0.1, 0.15) is 12.8 Å². The smallest absolute Gasteiger partial charge is 0.0571 e. The van der Waals surface area contributed by atoms with Crippen molar-refractivity contribution >= 4 is 5.69 Å². The Morgan fingerprint density at radius 2 is 1.93 bits per heavy atom. The van der Waals surface area contributed by atoms with E-state index in [1.54, 1.807) is 0 Å². The summed E-state index contributed by atoms with van der Waals surface area (Å²) in [6, 6.07) is 10.1. The zero-order valence-electron chi connectivity index (χ0n) is 8.03. The van der Waals surface area contributed by atoms with Crippen LogP contribution in [0.25, 0.3) is 0 Å². The minimum atomic E-state index is 0.941. The van der Waals surface area contributed by atoms with Crippen molar-refractivity contribution in [2.45, 2.75) is 12.8 Å². The molecular weight excluding hydrogens is 172 g/mol. The molecule has 72 valence electrons. The van der Waals surface area contributed by atoms with E-state index in [2.05, 4.69) is 11.4 Å². The summed E-state index contributed by atoms with van der Waals surface area (Å²) in [6.07, 6.45) is 6.19. The summed E-state index contributed by atoms with van der Waals surface area (Å²) in [5.41, 5.74) is 8.94. The van der Waals surface area contributed by atoms with Gasteiger partial charge < -0.3 is 11.1 Å². The molecule has 1 aromatic rings. The second-order valence-corrected chi connectivity index (χ2v) is 3.37. The van der Waals surface area contributed by atoms with Crippen LogP contribution in [0, 0.1) is 0 Å². The van der Waals surface area contributed by atoms with Gasteiger partial charge in [-0.25, -0.2) is 0 Å². The Labute approximate surface area is 84.1 Å². The van der Waals surface area contributed by atoms with Crippen LogP contribution in [0.2, 0.25) is 0 Å². The second-order valence-electron chi connectivity index (χ2n) is 3.37. The molecule has 14 heavy (non-hydrogen) atoms. The Hall–Kier alpha value is -1.70.